The molecule has 0 aromatic rings. The smallest absolute Gasteiger partial charge is 0.304 e. The Morgan fingerprint density at radius 1 is 1.39 bits per heavy atom. The summed E-state index contributed by atoms with van der Waals surface area (Å²) in [5, 5.41) is 19.1. The maximum absolute atomic E-state index is 15.1. The van der Waals surface area contributed by atoms with Crippen LogP contribution in [-0.2, 0) is 15.0 Å². The number of alkyl halides is 1. The van der Waals surface area contributed by atoms with Crippen LogP contribution in [0.3, 0.4) is 0 Å². The topological polar surface area (TPSA) is 110 Å². The van der Waals surface area contributed by atoms with E-state index in [0.717, 1.165) is 17.1 Å². The molecule has 0 radical (unpaired) electrons. The first-order valence-corrected chi connectivity index (χ1v) is 9.29. The van der Waals surface area contributed by atoms with Gasteiger partial charge in [0, 0.05) is 6.42 Å². The summed E-state index contributed by atoms with van der Waals surface area (Å²) in [5.74, 6) is -0.968. The Morgan fingerprint density at radius 2 is 2.13 bits per heavy atom. The van der Waals surface area contributed by atoms with Gasteiger partial charge in [-0.05, 0) is 43.4 Å². The maximum atomic E-state index is 15.1. The molecule has 1 saturated heterocycles. The first kappa shape index (κ1) is 16.6. The fraction of sp³-hybridized carbons (Fsp3) is 0.857. The lowest BCUT2D eigenvalue weighted by molar-refractivity contribution is -0.120. The molecule has 1 amide bonds. The van der Waals surface area contributed by atoms with E-state index in [0.29, 0.717) is 19.3 Å². The molecule has 128 valence electrons. The van der Waals surface area contributed by atoms with Crippen LogP contribution in [0.5, 0.6) is 0 Å². The summed E-state index contributed by atoms with van der Waals surface area (Å²) in [6.45, 7) is -0.455. The molecule has 1 aliphatic heterocycles. The van der Waals surface area contributed by atoms with Crippen LogP contribution >= 0.6 is 0 Å². The van der Waals surface area contributed by atoms with Crippen molar-refractivity contribution < 1.29 is 22.7 Å². The van der Waals surface area contributed by atoms with Gasteiger partial charge >= 0.3 is 10.2 Å². The van der Waals surface area contributed by atoms with E-state index in [-0.39, 0.29) is 17.8 Å². The van der Waals surface area contributed by atoms with E-state index in [1.165, 1.54) is 0 Å². The van der Waals surface area contributed by atoms with Crippen molar-refractivity contribution in [1.29, 1.82) is 5.26 Å². The second kappa shape index (κ2) is 6.00. The Labute approximate surface area is 134 Å². The summed E-state index contributed by atoms with van der Waals surface area (Å²) in [6.07, 6.45) is 0.138. The quantitative estimate of drug-likeness (QED) is 0.736. The highest BCUT2D eigenvalue weighted by molar-refractivity contribution is 7.88. The van der Waals surface area contributed by atoms with Crippen molar-refractivity contribution in [1.82, 2.24) is 9.03 Å². The molecule has 7 nitrogen and oxygen atoms in total. The minimum Gasteiger partial charge on any atom is -0.391 e. The highest BCUT2D eigenvalue weighted by atomic mass is 32.2. The average Bonchev–Trinajstić information content (AvgIpc) is 2.73. The normalized spacial score (nSPS) is 43.4. The number of aliphatic hydroxyl groups is 1. The van der Waals surface area contributed by atoms with Crippen LogP contribution in [0, 0.1) is 29.1 Å². The summed E-state index contributed by atoms with van der Waals surface area (Å²) < 4.78 is 41.6. The lowest BCUT2D eigenvalue weighted by Gasteiger charge is -2.47. The average molecular weight is 345 g/mol. The molecule has 2 N–H and O–H groups in total. The Balaban J connectivity index is 1.82. The second-order valence-corrected chi connectivity index (χ2v) is 8.40. The van der Waals surface area contributed by atoms with Gasteiger partial charge in [-0.1, -0.05) is 0 Å². The summed E-state index contributed by atoms with van der Waals surface area (Å²) >= 11 is 0. The Morgan fingerprint density at radius 3 is 2.74 bits per heavy atom. The molecule has 1 heterocycles. The largest absolute Gasteiger partial charge is 0.391 e. The van der Waals surface area contributed by atoms with Gasteiger partial charge in [0.1, 0.15) is 6.17 Å². The zero-order valence-corrected chi connectivity index (χ0v) is 13.4. The first-order valence-electron chi connectivity index (χ1n) is 7.85. The monoisotopic (exact) mass is 345 g/mol. The Hall–Kier alpha value is -1.24. The Bertz CT molecular complexity index is 634. The van der Waals surface area contributed by atoms with Crippen molar-refractivity contribution in [3.05, 3.63) is 0 Å². The molecule has 3 fully saturated rings. The molecule has 2 aliphatic carbocycles. The number of carbonyl (C=O) groups is 1. The van der Waals surface area contributed by atoms with Crippen molar-refractivity contribution in [3.8, 4) is 6.07 Å². The highest BCUT2D eigenvalue weighted by Crippen LogP contribution is 2.46. The molecule has 2 saturated carbocycles. The van der Waals surface area contributed by atoms with Gasteiger partial charge in [-0.25, -0.2) is 9.11 Å². The van der Waals surface area contributed by atoms with E-state index in [9.17, 15) is 18.3 Å². The minimum absolute atomic E-state index is 0.000149. The van der Waals surface area contributed by atoms with Crippen molar-refractivity contribution in [3.63, 3.8) is 0 Å². The van der Waals surface area contributed by atoms with Crippen molar-refractivity contribution >= 4 is 16.1 Å². The van der Waals surface area contributed by atoms with Crippen LogP contribution in [0.1, 0.15) is 32.1 Å². The van der Waals surface area contributed by atoms with E-state index >= 15 is 4.39 Å². The first-order chi connectivity index (χ1) is 10.8. The van der Waals surface area contributed by atoms with Crippen LogP contribution in [0.4, 0.5) is 4.39 Å². The van der Waals surface area contributed by atoms with Gasteiger partial charge in [-0.3, -0.25) is 4.79 Å². The molecule has 3 aliphatic rings. The number of amides is 1. The standard InChI is InChI=1S/C14H20FN3O4S/c15-13-10-5-8(3-4-16)1-2-9(10)6-11(19)14(13)18-7-12(20)17-23(18,21)22/h8-11,13-14,19H,1-3,5-7H2,(H,17,20). The fourth-order valence-corrected chi connectivity index (χ4v) is 5.68. The molecule has 23 heavy (non-hydrogen) atoms. The fourth-order valence-electron chi connectivity index (χ4n) is 4.35. The van der Waals surface area contributed by atoms with Gasteiger partial charge < -0.3 is 5.11 Å². The van der Waals surface area contributed by atoms with E-state index in [1.807, 2.05) is 4.72 Å². The Kier molecular flexibility index (Phi) is 4.33. The van der Waals surface area contributed by atoms with E-state index in [1.54, 1.807) is 0 Å². The molecule has 9 heteroatoms. The van der Waals surface area contributed by atoms with Crippen LogP contribution in [0.25, 0.3) is 0 Å². The lowest BCUT2D eigenvalue weighted by Crippen LogP contribution is -2.58. The third kappa shape index (κ3) is 2.95. The molecular formula is C14H20FN3O4S. The lowest BCUT2D eigenvalue weighted by atomic mass is 9.64. The zero-order valence-electron chi connectivity index (χ0n) is 12.6. The third-order valence-corrected chi connectivity index (χ3v) is 6.87. The van der Waals surface area contributed by atoms with E-state index < -0.39 is 41.0 Å². The number of rotatable bonds is 2. The number of halogens is 1. The summed E-state index contributed by atoms with van der Waals surface area (Å²) in [6, 6.07) is 0.874. The molecular weight excluding hydrogens is 325 g/mol. The van der Waals surface area contributed by atoms with Gasteiger partial charge in [0.2, 0.25) is 5.91 Å². The number of carbonyl (C=O) groups excluding carboxylic acids is 1. The molecule has 0 aromatic heterocycles. The summed E-state index contributed by atoms with van der Waals surface area (Å²) in [7, 11) is -4.08. The zero-order chi connectivity index (χ0) is 16.8. The number of fused-ring (bicyclic) bond motifs is 1. The van der Waals surface area contributed by atoms with E-state index in [4.69, 9.17) is 5.26 Å². The molecule has 0 spiro atoms. The SMILES string of the molecule is N#CCC1CCC2CC(O)C(N3CC(=O)NS3(=O)=O)C(F)C2C1. The van der Waals surface area contributed by atoms with Gasteiger partial charge in [-0.15, -0.1) is 0 Å². The number of nitriles is 1. The van der Waals surface area contributed by atoms with Crippen molar-refractivity contribution in [2.75, 3.05) is 6.54 Å². The summed E-state index contributed by atoms with van der Waals surface area (Å²) in [5.41, 5.74) is 0. The van der Waals surface area contributed by atoms with Crippen LogP contribution < -0.4 is 4.72 Å². The van der Waals surface area contributed by atoms with Crippen LogP contribution in [-0.4, -0.2) is 48.6 Å². The number of nitrogens with one attached hydrogen (secondary N) is 1. The number of nitrogens with zero attached hydrogens (tertiary/aromatic N) is 2. The number of aliphatic hydroxyl groups excluding tert-OH is 1. The van der Waals surface area contributed by atoms with Gasteiger partial charge in [-0.2, -0.15) is 18.0 Å². The molecule has 3 rings (SSSR count). The molecule has 0 bridgehead atoms. The van der Waals surface area contributed by atoms with Crippen LogP contribution in [0.2, 0.25) is 0 Å². The number of hydrogen-bond donors (Lipinski definition) is 2. The van der Waals surface area contributed by atoms with E-state index in [2.05, 4.69) is 6.07 Å². The molecule has 6 atom stereocenters. The predicted molar refractivity (Wildman–Crippen MR) is 77.6 cm³/mol. The van der Waals surface area contributed by atoms with Crippen LogP contribution in [0.15, 0.2) is 0 Å². The molecule has 6 unspecified atom stereocenters. The van der Waals surface area contributed by atoms with Crippen molar-refractivity contribution in [2.45, 2.75) is 50.4 Å². The second-order valence-electron chi connectivity index (χ2n) is 6.78. The molecule has 0 aromatic carbocycles. The predicted octanol–water partition coefficient (Wildman–Crippen LogP) is 0.0805. The van der Waals surface area contributed by atoms with Gasteiger partial charge in [0.05, 0.1) is 24.8 Å². The van der Waals surface area contributed by atoms with Gasteiger partial charge in [0.15, 0.2) is 0 Å². The maximum Gasteiger partial charge on any atom is 0.304 e. The summed E-state index contributed by atoms with van der Waals surface area (Å²) in [4.78, 5) is 11.4. The number of hydrogen-bond acceptors (Lipinski definition) is 5. The minimum atomic E-state index is -4.08. The highest BCUT2D eigenvalue weighted by Gasteiger charge is 2.53. The van der Waals surface area contributed by atoms with Crippen molar-refractivity contribution in [2.24, 2.45) is 17.8 Å². The third-order valence-electron chi connectivity index (χ3n) is 5.39. The van der Waals surface area contributed by atoms with Gasteiger partial charge in [0.25, 0.3) is 0 Å².